The number of halogens is 3. The van der Waals surface area contributed by atoms with Crippen LogP contribution in [0.2, 0.25) is 0 Å². The van der Waals surface area contributed by atoms with Crippen LogP contribution < -0.4 is 14.2 Å². The lowest BCUT2D eigenvalue weighted by Crippen LogP contribution is -2.33. The van der Waals surface area contributed by atoms with Crippen molar-refractivity contribution < 1.29 is 47.4 Å². The third kappa shape index (κ3) is 3.90. The van der Waals surface area contributed by atoms with E-state index in [-0.39, 0.29) is 39.5 Å². The van der Waals surface area contributed by atoms with Crippen LogP contribution >= 0.6 is 0 Å². The Morgan fingerprint density at radius 1 is 1.03 bits per heavy atom. The lowest BCUT2D eigenvalue weighted by atomic mass is 10.1. The zero-order valence-electron chi connectivity index (χ0n) is 18.3. The van der Waals surface area contributed by atoms with E-state index in [0.717, 1.165) is 16.9 Å². The fraction of sp³-hybridized carbons (Fsp3) is 0.429. The molecule has 0 spiro atoms. The number of aliphatic hydroxyl groups excluding tert-OH is 3. The molecule has 0 unspecified atom stereocenters. The van der Waals surface area contributed by atoms with Gasteiger partial charge in [0.1, 0.15) is 18.3 Å². The number of methoxy groups -OCH3 is 3. The minimum atomic E-state index is -4.76. The smallest absolute Gasteiger partial charge is 0.417 e. The van der Waals surface area contributed by atoms with Gasteiger partial charge < -0.3 is 34.3 Å². The van der Waals surface area contributed by atoms with Crippen LogP contribution in [0.25, 0.3) is 22.3 Å². The second kappa shape index (κ2) is 8.91. The van der Waals surface area contributed by atoms with E-state index in [0.29, 0.717) is 0 Å². The van der Waals surface area contributed by atoms with Crippen LogP contribution in [-0.2, 0) is 10.9 Å². The molecule has 184 valence electrons. The number of hydrogen-bond acceptors (Lipinski definition) is 9. The first-order chi connectivity index (χ1) is 16.1. The molecule has 0 amide bonds. The molecule has 1 aliphatic rings. The molecule has 13 heteroatoms. The van der Waals surface area contributed by atoms with E-state index in [2.05, 4.69) is 10.1 Å². The van der Waals surface area contributed by atoms with Gasteiger partial charge in [0.2, 0.25) is 5.75 Å². The van der Waals surface area contributed by atoms with Crippen molar-refractivity contribution in [3.63, 3.8) is 0 Å². The number of aromatic nitrogens is 3. The van der Waals surface area contributed by atoms with Crippen molar-refractivity contribution in [3.05, 3.63) is 30.0 Å². The van der Waals surface area contributed by atoms with Crippen molar-refractivity contribution in [3.8, 4) is 28.5 Å². The first-order valence-electron chi connectivity index (χ1n) is 10.0. The van der Waals surface area contributed by atoms with Crippen molar-refractivity contribution >= 4 is 11.0 Å². The van der Waals surface area contributed by atoms with Crippen LogP contribution in [0.5, 0.6) is 17.2 Å². The quantitative estimate of drug-likeness (QED) is 0.478. The Morgan fingerprint density at radius 3 is 2.18 bits per heavy atom. The molecule has 4 rings (SSSR count). The van der Waals surface area contributed by atoms with Gasteiger partial charge in [-0.3, -0.25) is 0 Å². The lowest BCUT2D eigenvalue weighted by Gasteiger charge is -2.18. The molecule has 3 aromatic rings. The van der Waals surface area contributed by atoms with Gasteiger partial charge in [-0.2, -0.15) is 18.3 Å². The standard InChI is InChI=1S/C21H22F3N3O7/c1-31-13-4-9(5-14(32-2)18(13)33-3)12-6-11(21(22,23)24)10-7-25-27(19(10)26-12)20-17(30)16(29)15(8-28)34-20/h4-7,15-17,20,28-30H,8H2,1-3H3/t15-,16-,17-,20-/m1/s1. The lowest BCUT2D eigenvalue weighted by molar-refractivity contribution is -0.136. The minimum absolute atomic E-state index is 0.0902. The highest BCUT2D eigenvalue weighted by atomic mass is 19.4. The summed E-state index contributed by atoms with van der Waals surface area (Å²) in [5.74, 6) is 0.677. The minimum Gasteiger partial charge on any atom is -0.493 e. The van der Waals surface area contributed by atoms with Gasteiger partial charge in [-0.05, 0) is 18.2 Å². The van der Waals surface area contributed by atoms with Crippen molar-refractivity contribution in [2.45, 2.75) is 30.7 Å². The molecule has 3 N–H and O–H groups in total. The van der Waals surface area contributed by atoms with Crippen LogP contribution in [0.3, 0.4) is 0 Å². The highest BCUT2D eigenvalue weighted by Gasteiger charge is 2.45. The summed E-state index contributed by atoms with van der Waals surface area (Å²) < 4.78 is 64.2. The second-order valence-electron chi connectivity index (χ2n) is 7.52. The number of ether oxygens (including phenoxy) is 4. The zero-order valence-corrected chi connectivity index (χ0v) is 18.3. The molecule has 3 heterocycles. The van der Waals surface area contributed by atoms with Crippen molar-refractivity contribution in [2.24, 2.45) is 0 Å². The average molecular weight is 485 g/mol. The number of pyridine rings is 1. The van der Waals surface area contributed by atoms with E-state index in [9.17, 15) is 28.5 Å². The number of aliphatic hydroxyl groups is 3. The average Bonchev–Trinajstić information content (AvgIpc) is 3.37. The molecule has 0 bridgehead atoms. The second-order valence-corrected chi connectivity index (χ2v) is 7.52. The van der Waals surface area contributed by atoms with Crippen LogP contribution in [0.1, 0.15) is 11.8 Å². The number of alkyl halides is 3. The predicted molar refractivity (Wildman–Crippen MR) is 111 cm³/mol. The monoisotopic (exact) mass is 485 g/mol. The Balaban J connectivity index is 1.94. The molecule has 0 aliphatic carbocycles. The summed E-state index contributed by atoms with van der Waals surface area (Å²) >= 11 is 0. The van der Waals surface area contributed by atoms with Gasteiger partial charge in [-0.25, -0.2) is 9.67 Å². The van der Waals surface area contributed by atoms with E-state index >= 15 is 0 Å². The summed E-state index contributed by atoms with van der Waals surface area (Å²) in [7, 11) is 4.14. The van der Waals surface area contributed by atoms with Gasteiger partial charge in [0.15, 0.2) is 23.4 Å². The number of fused-ring (bicyclic) bond motifs is 1. The first kappa shape index (κ1) is 24.0. The maximum Gasteiger partial charge on any atom is 0.417 e. The molecule has 1 aliphatic heterocycles. The normalized spacial score (nSPS) is 22.9. The molecule has 2 aromatic heterocycles. The van der Waals surface area contributed by atoms with Gasteiger partial charge in [-0.1, -0.05) is 0 Å². The van der Waals surface area contributed by atoms with Crippen molar-refractivity contribution in [2.75, 3.05) is 27.9 Å². The number of nitrogens with zero attached hydrogens (tertiary/aromatic N) is 3. The molecule has 0 radical (unpaired) electrons. The molecule has 1 aromatic carbocycles. The highest BCUT2D eigenvalue weighted by Crippen LogP contribution is 2.43. The molecular formula is C21H22F3N3O7. The van der Waals surface area contributed by atoms with Crippen LogP contribution in [0.15, 0.2) is 24.4 Å². The van der Waals surface area contributed by atoms with Gasteiger partial charge in [-0.15, -0.1) is 0 Å². The van der Waals surface area contributed by atoms with Crippen molar-refractivity contribution in [1.29, 1.82) is 0 Å². The van der Waals surface area contributed by atoms with Crippen LogP contribution in [0.4, 0.5) is 13.2 Å². The van der Waals surface area contributed by atoms with E-state index in [4.69, 9.17) is 18.9 Å². The fourth-order valence-corrected chi connectivity index (χ4v) is 3.90. The Bertz CT molecular complexity index is 1180. The topological polar surface area (TPSA) is 128 Å². The molecule has 1 fully saturated rings. The van der Waals surface area contributed by atoms with Gasteiger partial charge in [0.25, 0.3) is 0 Å². The maximum absolute atomic E-state index is 14.0. The molecule has 34 heavy (non-hydrogen) atoms. The Kier molecular flexibility index (Phi) is 6.29. The molecular weight excluding hydrogens is 463 g/mol. The van der Waals surface area contributed by atoms with E-state index in [1.165, 1.54) is 33.5 Å². The third-order valence-electron chi connectivity index (χ3n) is 5.59. The van der Waals surface area contributed by atoms with Gasteiger partial charge >= 0.3 is 6.18 Å². The Hall–Kier alpha value is -3.13. The number of hydrogen-bond donors (Lipinski definition) is 3. The summed E-state index contributed by atoms with van der Waals surface area (Å²) in [4.78, 5) is 4.35. The van der Waals surface area contributed by atoms with E-state index in [1.807, 2.05) is 0 Å². The van der Waals surface area contributed by atoms with Crippen LogP contribution in [-0.4, -0.2) is 76.3 Å². The molecule has 0 saturated carbocycles. The summed E-state index contributed by atoms with van der Waals surface area (Å²) in [5.41, 5.74) is -1.11. The third-order valence-corrected chi connectivity index (χ3v) is 5.59. The van der Waals surface area contributed by atoms with Gasteiger partial charge in [0, 0.05) is 5.56 Å². The molecule has 10 nitrogen and oxygen atoms in total. The highest BCUT2D eigenvalue weighted by molar-refractivity contribution is 5.84. The zero-order chi connectivity index (χ0) is 24.8. The predicted octanol–water partition coefficient (Wildman–Crippen LogP) is 1.75. The maximum atomic E-state index is 14.0. The Morgan fingerprint density at radius 2 is 1.68 bits per heavy atom. The van der Waals surface area contributed by atoms with Crippen LogP contribution in [0, 0.1) is 0 Å². The van der Waals surface area contributed by atoms with E-state index < -0.39 is 42.9 Å². The Labute approximate surface area is 191 Å². The summed E-state index contributed by atoms with van der Waals surface area (Å²) in [6.45, 7) is -0.605. The SMILES string of the molecule is COc1cc(-c2cc(C(F)(F)F)c3cnn([C@@H]4O[C@H](CO)[C@@H](O)[C@H]4O)c3n2)cc(OC)c1OC. The largest absolute Gasteiger partial charge is 0.493 e. The van der Waals surface area contributed by atoms with Gasteiger partial charge in [0.05, 0.1) is 50.8 Å². The molecule has 4 atom stereocenters. The summed E-state index contributed by atoms with van der Waals surface area (Å²) in [6, 6.07) is 3.76. The summed E-state index contributed by atoms with van der Waals surface area (Å²) in [6.07, 6.45) is -9.32. The number of rotatable bonds is 6. The van der Waals surface area contributed by atoms with Crippen molar-refractivity contribution in [1.82, 2.24) is 14.8 Å². The molecule has 1 saturated heterocycles. The van der Waals surface area contributed by atoms with E-state index in [1.54, 1.807) is 0 Å². The fourth-order valence-electron chi connectivity index (χ4n) is 3.90. The first-order valence-corrected chi connectivity index (χ1v) is 10.0. The number of benzene rings is 1. The summed E-state index contributed by atoms with van der Waals surface area (Å²) in [5, 5.41) is 33.4.